The van der Waals surface area contributed by atoms with Crippen molar-refractivity contribution >= 4 is 23.2 Å². The van der Waals surface area contributed by atoms with E-state index in [0.29, 0.717) is 18.8 Å². The second-order valence-electron chi connectivity index (χ2n) is 5.42. The molecule has 0 saturated carbocycles. The zero-order valence-corrected chi connectivity index (χ0v) is 13.3. The first kappa shape index (κ1) is 14.9. The minimum atomic E-state index is 0.00874. The van der Waals surface area contributed by atoms with Crippen molar-refractivity contribution in [3.63, 3.8) is 0 Å². The molecule has 2 aromatic rings. The predicted molar refractivity (Wildman–Crippen MR) is 88.5 cm³/mol. The molecule has 1 aliphatic rings. The number of hydrogen-bond donors (Lipinski definition) is 0. The zero-order valence-electron chi connectivity index (χ0n) is 12.5. The van der Waals surface area contributed by atoms with Crippen LogP contribution < -0.4 is 4.90 Å². The maximum Gasteiger partial charge on any atom is 0.272 e. The number of amides is 1. The highest BCUT2D eigenvalue weighted by atomic mass is 35.5. The minimum absolute atomic E-state index is 0.00874. The van der Waals surface area contributed by atoms with Gasteiger partial charge in [-0.1, -0.05) is 23.7 Å². The van der Waals surface area contributed by atoms with Crippen molar-refractivity contribution in [2.45, 2.75) is 6.92 Å². The third-order valence-electron chi connectivity index (χ3n) is 3.85. The Bertz CT molecular complexity index is 681. The summed E-state index contributed by atoms with van der Waals surface area (Å²) in [6, 6.07) is 13.4. The summed E-state index contributed by atoms with van der Waals surface area (Å²) in [6.07, 6.45) is 0. The van der Waals surface area contributed by atoms with Gasteiger partial charge in [0.25, 0.3) is 5.91 Å². The molecule has 0 radical (unpaired) electrons. The van der Waals surface area contributed by atoms with Gasteiger partial charge >= 0.3 is 0 Å². The maximum absolute atomic E-state index is 12.5. The number of halogens is 1. The number of aromatic nitrogens is 1. The quantitative estimate of drug-likeness (QED) is 0.855. The number of rotatable bonds is 2. The SMILES string of the molecule is Cc1cccc(C(=O)N2CCN(c3cccc(Cl)c3)CC2)n1. The molecule has 1 fully saturated rings. The van der Waals surface area contributed by atoms with E-state index < -0.39 is 0 Å². The van der Waals surface area contributed by atoms with Crippen LogP contribution in [-0.2, 0) is 0 Å². The molecule has 5 heteroatoms. The number of carbonyl (C=O) groups excluding carboxylic acids is 1. The summed E-state index contributed by atoms with van der Waals surface area (Å²) >= 11 is 6.04. The third kappa shape index (κ3) is 3.22. The normalized spacial score (nSPS) is 15.0. The fraction of sp³-hybridized carbons (Fsp3) is 0.294. The first-order valence-electron chi connectivity index (χ1n) is 7.37. The fourth-order valence-corrected chi connectivity index (χ4v) is 2.85. The van der Waals surface area contributed by atoms with Gasteiger partial charge in [0.15, 0.2) is 0 Å². The van der Waals surface area contributed by atoms with E-state index in [2.05, 4.69) is 9.88 Å². The number of carbonyl (C=O) groups is 1. The van der Waals surface area contributed by atoms with Gasteiger partial charge in [-0.2, -0.15) is 0 Å². The van der Waals surface area contributed by atoms with Crippen molar-refractivity contribution in [1.82, 2.24) is 9.88 Å². The first-order chi connectivity index (χ1) is 10.6. The molecule has 0 bridgehead atoms. The van der Waals surface area contributed by atoms with Crippen LogP contribution in [0.1, 0.15) is 16.2 Å². The van der Waals surface area contributed by atoms with E-state index in [0.717, 1.165) is 29.5 Å². The number of piperazine rings is 1. The monoisotopic (exact) mass is 315 g/mol. The minimum Gasteiger partial charge on any atom is -0.368 e. The predicted octanol–water partition coefficient (Wildman–Crippen LogP) is 3.01. The molecule has 1 aliphatic heterocycles. The molecule has 1 aromatic carbocycles. The van der Waals surface area contributed by atoms with Crippen LogP contribution in [0.2, 0.25) is 5.02 Å². The molecule has 0 spiro atoms. The lowest BCUT2D eigenvalue weighted by atomic mass is 10.2. The largest absolute Gasteiger partial charge is 0.368 e. The number of pyridine rings is 1. The molecular weight excluding hydrogens is 298 g/mol. The average Bonchev–Trinajstić information content (AvgIpc) is 2.54. The number of hydrogen-bond acceptors (Lipinski definition) is 3. The Kier molecular flexibility index (Phi) is 4.29. The molecule has 1 aromatic heterocycles. The van der Waals surface area contributed by atoms with Gasteiger partial charge in [0.1, 0.15) is 5.69 Å². The third-order valence-corrected chi connectivity index (χ3v) is 4.08. The lowest BCUT2D eigenvalue weighted by Gasteiger charge is -2.36. The van der Waals surface area contributed by atoms with Crippen molar-refractivity contribution in [2.75, 3.05) is 31.1 Å². The number of benzene rings is 1. The molecule has 114 valence electrons. The molecule has 4 nitrogen and oxygen atoms in total. The smallest absolute Gasteiger partial charge is 0.272 e. The van der Waals surface area contributed by atoms with Gasteiger partial charge in [-0.05, 0) is 37.3 Å². The summed E-state index contributed by atoms with van der Waals surface area (Å²) in [5.74, 6) is 0.00874. The lowest BCUT2D eigenvalue weighted by molar-refractivity contribution is 0.0740. The highest BCUT2D eigenvalue weighted by Gasteiger charge is 2.23. The average molecular weight is 316 g/mol. The van der Waals surface area contributed by atoms with E-state index >= 15 is 0 Å². The lowest BCUT2D eigenvalue weighted by Crippen LogP contribution is -2.49. The van der Waals surface area contributed by atoms with E-state index in [4.69, 9.17) is 11.6 Å². The van der Waals surface area contributed by atoms with Gasteiger partial charge < -0.3 is 9.80 Å². The Labute approximate surface area is 135 Å². The summed E-state index contributed by atoms with van der Waals surface area (Å²) in [5.41, 5.74) is 2.49. The topological polar surface area (TPSA) is 36.4 Å². The Morgan fingerprint density at radius 3 is 2.50 bits per heavy atom. The van der Waals surface area contributed by atoms with E-state index in [-0.39, 0.29) is 5.91 Å². The van der Waals surface area contributed by atoms with Crippen LogP contribution in [0, 0.1) is 6.92 Å². The number of aryl methyl sites for hydroxylation is 1. The van der Waals surface area contributed by atoms with Gasteiger partial charge in [-0.3, -0.25) is 4.79 Å². The maximum atomic E-state index is 12.5. The van der Waals surface area contributed by atoms with Crippen molar-refractivity contribution in [3.05, 3.63) is 58.9 Å². The van der Waals surface area contributed by atoms with Crippen LogP contribution in [0.25, 0.3) is 0 Å². The first-order valence-corrected chi connectivity index (χ1v) is 7.75. The van der Waals surface area contributed by atoms with Crippen LogP contribution in [0.15, 0.2) is 42.5 Å². The van der Waals surface area contributed by atoms with Gasteiger partial charge in [0.2, 0.25) is 0 Å². The summed E-state index contributed by atoms with van der Waals surface area (Å²) < 4.78 is 0. The summed E-state index contributed by atoms with van der Waals surface area (Å²) in [4.78, 5) is 20.9. The van der Waals surface area contributed by atoms with Crippen LogP contribution >= 0.6 is 11.6 Å². The fourth-order valence-electron chi connectivity index (χ4n) is 2.66. The van der Waals surface area contributed by atoms with Crippen molar-refractivity contribution in [2.24, 2.45) is 0 Å². The molecule has 0 aliphatic carbocycles. The van der Waals surface area contributed by atoms with Crippen molar-refractivity contribution in [1.29, 1.82) is 0 Å². The molecule has 3 rings (SSSR count). The highest BCUT2D eigenvalue weighted by Crippen LogP contribution is 2.21. The van der Waals surface area contributed by atoms with E-state index in [9.17, 15) is 4.79 Å². The Morgan fingerprint density at radius 1 is 1.09 bits per heavy atom. The van der Waals surface area contributed by atoms with Crippen molar-refractivity contribution in [3.8, 4) is 0 Å². The van der Waals surface area contributed by atoms with Gasteiger partial charge in [0.05, 0.1) is 0 Å². The second kappa shape index (κ2) is 6.36. The van der Waals surface area contributed by atoms with Gasteiger partial charge in [0, 0.05) is 42.6 Å². The van der Waals surface area contributed by atoms with Gasteiger partial charge in [-0.15, -0.1) is 0 Å². The van der Waals surface area contributed by atoms with Crippen LogP contribution in [0.3, 0.4) is 0 Å². The standard InChI is InChI=1S/C17H18ClN3O/c1-13-4-2-7-16(19-13)17(22)21-10-8-20(9-11-21)15-6-3-5-14(18)12-15/h2-7,12H,8-11H2,1H3. The molecule has 0 unspecified atom stereocenters. The second-order valence-corrected chi connectivity index (χ2v) is 5.86. The Balaban J connectivity index is 1.65. The van der Waals surface area contributed by atoms with E-state index in [1.807, 2.05) is 48.2 Å². The van der Waals surface area contributed by atoms with Crippen LogP contribution in [0.4, 0.5) is 5.69 Å². The van der Waals surface area contributed by atoms with E-state index in [1.165, 1.54) is 0 Å². The summed E-state index contributed by atoms with van der Waals surface area (Å²) in [6.45, 7) is 4.89. The van der Waals surface area contributed by atoms with Crippen LogP contribution in [0.5, 0.6) is 0 Å². The van der Waals surface area contributed by atoms with Crippen LogP contribution in [-0.4, -0.2) is 42.0 Å². The Hall–Kier alpha value is -2.07. The number of nitrogens with zero attached hydrogens (tertiary/aromatic N) is 3. The molecular formula is C17H18ClN3O. The molecule has 0 atom stereocenters. The number of anilines is 1. The molecule has 1 amide bonds. The highest BCUT2D eigenvalue weighted by molar-refractivity contribution is 6.30. The van der Waals surface area contributed by atoms with Crippen molar-refractivity contribution < 1.29 is 4.79 Å². The summed E-state index contributed by atoms with van der Waals surface area (Å²) in [7, 11) is 0. The molecule has 22 heavy (non-hydrogen) atoms. The molecule has 2 heterocycles. The molecule has 0 N–H and O–H groups in total. The summed E-state index contributed by atoms with van der Waals surface area (Å²) in [5, 5.41) is 0.736. The van der Waals surface area contributed by atoms with E-state index in [1.54, 1.807) is 6.07 Å². The zero-order chi connectivity index (χ0) is 15.5. The van der Waals surface area contributed by atoms with Gasteiger partial charge in [-0.25, -0.2) is 4.98 Å². The Morgan fingerprint density at radius 2 is 1.82 bits per heavy atom. The molecule has 1 saturated heterocycles.